The van der Waals surface area contributed by atoms with Crippen LogP contribution in [0.5, 0.6) is 0 Å². The SMILES string of the molecule is CC(C)C1=Nc2c(c3ccc(-c4ccc5c(c4)c4cncnc4c4[nH]c(C(C)C)nc54)cc3c3cncnc23)C1. The summed E-state index contributed by atoms with van der Waals surface area (Å²) < 4.78 is 0. The van der Waals surface area contributed by atoms with E-state index in [0.717, 1.165) is 78.1 Å². The fourth-order valence-electron chi connectivity index (χ4n) is 6.10. The molecule has 0 saturated carbocycles. The van der Waals surface area contributed by atoms with E-state index in [4.69, 9.17) is 9.98 Å². The van der Waals surface area contributed by atoms with Crippen LogP contribution in [0.15, 0.2) is 66.4 Å². The van der Waals surface area contributed by atoms with Crippen LogP contribution in [0.25, 0.3) is 65.5 Å². The van der Waals surface area contributed by atoms with E-state index in [-0.39, 0.29) is 0 Å². The van der Waals surface area contributed by atoms with E-state index in [0.29, 0.717) is 11.8 Å². The number of H-pyrrole nitrogens is 1. The van der Waals surface area contributed by atoms with Gasteiger partial charge in [0, 0.05) is 46.6 Å². The van der Waals surface area contributed by atoms with Gasteiger partial charge in [-0.15, -0.1) is 0 Å². The lowest BCUT2D eigenvalue weighted by molar-refractivity contribution is 0.799. The van der Waals surface area contributed by atoms with Crippen molar-refractivity contribution in [2.75, 3.05) is 0 Å². The summed E-state index contributed by atoms with van der Waals surface area (Å²) in [6, 6.07) is 13.4. The van der Waals surface area contributed by atoms with Crippen molar-refractivity contribution >= 4 is 65.8 Å². The number of rotatable bonds is 3. The Morgan fingerprint density at radius 2 is 1.32 bits per heavy atom. The third-order valence-electron chi connectivity index (χ3n) is 8.25. The third-order valence-corrected chi connectivity index (χ3v) is 8.25. The fourth-order valence-corrected chi connectivity index (χ4v) is 6.10. The zero-order chi connectivity index (χ0) is 27.1. The van der Waals surface area contributed by atoms with Gasteiger partial charge in [0.15, 0.2) is 0 Å². The highest BCUT2D eigenvalue weighted by Gasteiger charge is 2.24. The summed E-state index contributed by atoms with van der Waals surface area (Å²) in [5.41, 5.74) is 9.48. The van der Waals surface area contributed by atoms with Gasteiger partial charge >= 0.3 is 0 Å². The van der Waals surface area contributed by atoms with Crippen molar-refractivity contribution < 1.29 is 0 Å². The molecule has 7 nitrogen and oxygen atoms in total. The van der Waals surface area contributed by atoms with Gasteiger partial charge in [0.1, 0.15) is 24.0 Å². The first-order valence-corrected chi connectivity index (χ1v) is 13.8. The van der Waals surface area contributed by atoms with Gasteiger partial charge in [0.25, 0.3) is 0 Å². The van der Waals surface area contributed by atoms with Crippen LogP contribution in [0.4, 0.5) is 5.69 Å². The summed E-state index contributed by atoms with van der Waals surface area (Å²) in [5.74, 6) is 1.65. The van der Waals surface area contributed by atoms with Crippen molar-refractivity contribution in [1.82, 2.24) is 29.9 Å². The van der Waals surface area contributed by atoms with Gasteiger partial charge in [0.05, 0.1) is 22.2 Å². The Bertz CT molecular complexity index is 2210. The van der Waals surface area contributed by atoms with Crippen LogP contribution < -0.4 is 0 Å². The second-order valence-corrected chi connectivity index (χ2v) is 11.4. The Balaban J connectivity index is 1.37. The molecule has 7 heteroatoms. The van der Waals surface area contributed by atoms with E-state index in [9.17, 15) is 0 Å². The Morgan fingerprint density at radius 1 is 0.675 bits per heavy atom. The van der Waals surface area contributed by atoms with E-state index in [1.54, 1.807) is 12.7 Å². The second kappa shape index (κ2) is 8.36. The minimum atomic E-state index is 0.290. The molecular weight excluding hydrogens is 494 g/mol. The summed E-state index contributed by atoms with van der Waals surface area (Å²) in [4.78, 5) is 31.6. The van der Waals surface area contributed by atoms with Gasteiger partial charge in [0.2, 0.25) is 0 Å². The van der Waals surface area contributed by atoms with E-state index < -0.39 is 0 Å². The average Bonchev–Trinajstić information content (AvgIpc) is 3.64. The molecule has 0 bridgehead atoms. The predicted octanol–water partition coefficient (Wildman–Crippen LogP) is 7.83. The van der Waals surface area contributed by atoms with Crippen LogP contribution in [-0.4, -0.2) is 35.6 Å². The first-order valence-electron chi connectivity index (χ1n) is 13.8. The van der Waals surface area contributed by atoms with Gasteiger partial charge in [-0.1, -0.05) is 52.0 Å². The van der Waals surface area contributed by atoms with Gasteiger partial charge in [-0.05, 0) is 50.9 Å². The van der Waals surface area contributed by atoms with Crippen molar-refractivity contribution in [3.63, 3.8) is 0 Å². The molecule has 1 N–H and O–H groups in total. The standard InChI is InChI=1S/C33H27N7/c1-16(2)27-11-24-20-7-5-18(9-22(20)25-12-34-14-36-28(25)31(24)38-27)19-6-8-21-23(10-19)26-13-35-15-37-29(26)32-30(21)39-33(40-32)17(3)4/h5-10,12-17H,11H2,1-4H3,(H,39,40). The number of hydrogen-bond donors (Lipinski definition) is 1. The van der Waals surface area contributed by atoms with E-state index >= 15 is 0 Å². The average molecular weight is 522 g/mol. The van der Waals surface area contributed by atoms with Gasteiger partial charge in [-0.3, -0.25) is 4.99 Å². The monoisotopic (exact) mass is 521 g/mol. The molecule has 8 rings (SSSR count). The quantitative estimate of drug-likeness (QED) is 0.239. The van der Waals surface area contributed by atoms with Gasteiger partial charge in [-0.2, -0.15) is 0 Å². The number of aromatic nitrogens is 6. The lowest BCUT2D eigenvalue weighted by Gasteiger charge is -2.12. The highest BCUT2D eigenvalue weighted by atomic mass is 14.9. The van der Waals surface area contributed by atoms with Crippen LogP contribution in [0, 0.1) is 5.92 Å². The van der Waals surface area contributed by atoms with Gasteiger partial charge in [-0.25, -0.2) is 24.9 Å². The number of aromatic amines is 1. The molecule has 0 spiro atoms. The van der Waals surface area contributed by atoms with Crippen LogP contribution in [0.3, 0.4) is 0 Å². The fraction of sp³-hybridized carbons (Fsp3) is 0.212. The molecule has 4 heterocycles. The number of nitrogens with one attached hydrogen (secondary N) is 1. The van der Waals surface area contributed by atoms with Crippen molar-refractivity contribution in [1.29, 1.82) is 0 Å². The highest BCUT2D eigenvalue weighted by molar-refractivity contribution is 6.23. The van der Waals surface area contributed by atoms with Crippen LogP contribution >= 0.6 is 0 Å². The molecule has 40 heavy (non-hydrogen) atoms. The number of imidazole rings is 1. The highest BCUT2D eigenvalue weighted by Crippen LogP contribution is 2.43. The van der Waals surface area contributed by atoms with Crippen LogP contribution in [0.1, 0.15) is 45.0 Å². The molecular formula is C33H27N7. The zero-order valence-electron chi connectivity index (χ0n) is 22.8. The molecule has 0 aliphatic carbocycles. The summed E-state index contributed by atoms with van der Waals surface area (Å²) in [5, 5.41) is 6.62. The van der Waals surface area contributed by atoms with E-state index in [1.165, 1.54) is 16.7 Å². The molecule has 0 fully saturated rings. The lowest BCUT2D eigenvalue weighted by Crippen LogP contribution is -2.06. The Labute approximate surface area is 230 Å². The molecule has 0 saturated heterocycles. The molecule has 4 aromatic carbocycles. The van der Waals surface area contributed by atoms with Crippen molar-refractivity contribution in [2.45, 2.75) is 40.0 Å². The van der Waals surface area contributed by atoms with Crippen LogP contribution in [0.2, 0.25) is 0 Å². The molecule has 1 aliphatic rings. The Morgan fingerprint density at radius 3 is 2.02 bits per heavy atom. The molecule has 194 valence electrons. The second-order valence-electron chi connectivity index (χ2n) is 11.4. The lowest BCUT2D eigenvalue weighted by atomic mass is 9.92. The maximum atomic E-state index is 5.02. The molecule has 0 unspecified atom stereocenters. The smallest absolute Gasteiger partial charge is 0.116 e. The number of hydrogen-bond acceptors (Lipinski definition) is 6. The summed E-state index contributed by atoms with van der Waals surface area (Å²) in [7, 11) is 0. The maximum Gasteiger partial charge on any atom is 0.116 e. The Kier molecular flexibility index (Phi) is 4.83. The summed E-state index contributed by atoms with van der Waals surface area (Å²) in [6.45, 7) is 8.71. The normalized spacial score (nSPS) is 13.5. The first kappa shape index (κ1) is 23.1. The van der Waals surface area contributed by atoms with Crippen molar-refractivity contribution in [3.05, 3.63) is 72.8 Å². The summed E-state index contributed by atoms with van der Waals surface area (Å²) >= 11 is 0. The number of benzene rings is 4. The maximum absolute atomic E-state index is 5.02. The topological polar surface area (TPSA) is 92.6 Å². The number of aliphatic imine (C=N–C) groups is 1. The first-order chi connectivity index (χ1) is 19.5. The number of nitrogens with zero attached hydrogens (tertiary/aromatic N) is 6. The van der Waals surface area contributed by atoms with Gasteiger partial charge < -0.3 is 4.98 Å². The number of fused-ring (bicyclic) bond motifs is 12. The van der Waals surface area contributed by atoms with E-state index in [2.05, 4.69) is 89.0 Å². The molecule has 0 radical (unpaired) electrons. The molecule has 3 aromatic heterocycles. The molecule has 7 aromatic rings. The predicted molar refractivity (Wildman–Crippen MR) is 162 cm³/mol. The molecule has 0 amide bonds. The minimum absolute atomic E-state index is 0.290. The zero-order valence-corrected chi connectivity index (χ0v) is 22.8. The third kappa shape index (κ3) is 3.24. The largest absolute Gasteiger partial charge is 0.340 e. The summed E-state index contributed by atoms with van der Waals surface area (Å²) in [6.07, 6.45) is 7.92. The van der Waals surface area contributed by atoms with Crippen molar-refractivity contribution in [2.24, 2.45) is 10.9 Å². The minimum Gasteiger partial charge on any atom is -0.340 e. The molecule has 1 aliphatic heterocycles. The van der Waals surface area contributed by atoms with E-state index in [1.807, 2.05) is 12.4 Å². The van der Waals surface area contributed by atoms with Crippen LogP contribution in [-0.2, 0) is 6.42 Å². The Hall–Kier alpha value is -4.78. The van der Waals surface area contributed by atoms with Crippen molar-refractivity contribution in [3.8, 4) is 11.1 Å². The molecule has 0 atom stereocenters.